The Hall–Kier alpha value is -3.30. The second kappa shape index (κ2) is 10.9. The maximum atomic E-state index is 12.5. The number of hydrogen-bond acceptors (Lipinski definition) is 6. The molecule has 3 amide bonds. The van der Waals surface area contributed by atoms with E-state index in [1.165, 1.54) is 7.11 Å². The number of nitrogens with zero attached hydrogens (tertiary/aromatic N) is 1. The molecule has 29 heavy (non-hydrogen) atoms. The van der Waals surface area contributed by atoms with Crippen LogP contribution in [-0.4, -0.2) is 73.1 Å². The van der Waals surface area contributed by atoms with Crippen LogP contribution in [0.5, 0.6) is 11.5 Å². The number of rotatable bonds is 12. The summed E-state index contributed by atoms with van der Waals surface area (Å²) in [6.45, 7) is -0.789. The van der Waals surface area contributed by atoms with E-state index in [4.69, 9.17) is 14.6 Å². The molecule has 0 aromatic heterocycles. The van der Waals surface area contributed by atoms with Crippen LogP contribution in [0.25, 0.3) is 0 Å². The van der Waals surface area contributed by atoms with Crippen LogP contribution in [0.1, 0.15) is 19.3 Å². The smallest absolute Gasteiger partial charge is 0.322 e. The molecule has 1 aromatic carbocycles. The predicted molar refractivity (Wildman–Crippen MR) is 101 cm³/mol. The summed E-state index contributed by atoms with van der Waals surface area (Å²) in [6.07, 6.45) is 1.78. The molecular formula is C19H25N3O7. The summed E-state index contributed by atoms with van der Waals surface area (Å²) >= 11 is 0. The Labute approximate surface area is 168 Å². The Kier molecular flexibility index (Phi) is 8.26. The quantitative estimate of drug-likeness (QED) is 0.436. The predicted octanol–water partition coefficient (Wildman–Crippen LogP) is -0.228. The van der Waals surface area contributed by atoms with Crippen LogP contribution in [0.3, 0.4) is 0 Å². The number of ether oxygens (including phenoxy) is 2. The topological polar surface area (TPSA) is 134 Å². The molecule has 1 fully saturated rings. The molecule has 0 aliphatic heterocycles. The Bertz CT molecular complexity index is 749. The van der Waals surface area contributed by atoms with Gasteiger partial charge in [0.2, 0.25) is 11.8 Å². The number of hydrogen-bond donors (Lipinski definition) is 3. The largest absolute Gasteiger partial charge is 0.493 e. The molecule has 1 aliphatic carbocycles. The molecule has 0 spiro atoms. The number of carboxylic acids is 1. The summed E-state index contributed by atoms with van der Waals surface area (Å²) < 4.78 is 10.7. The lowest BCUT2D eigenvalue weighted by atomic mass is 10.3. The third-order valence-electron chi connectivity index (χ3n) is 4.19. The van der Waals surface area contributed by atoms with E-state index in [0.717, 1.165) is 12.8 Å². The highest BCUT2D eigenvalue weighted by Crippen LogP contribution is 2.28. The summed E-state index contributed by atoms with van der Waals surface area (Å²) in [5, 5.41) is 13.0. The lowest BCUT2D eigenvalue weighted by molar-refractivity contribution is -0.137. The maximum absolute atomic E-state index is 12.5. The van der Waals surface area contributed by atoms with Gasteiger partial charge in [-0.15, -0.1) is 0 Å². The minimum absolute atomic E-state index is 0.0309. The van der Waals surface area contributed by atoms with E-state index in [2.05, 4.69) is 10.6 Å². The van der Waals surface area contributed by atoms with Crippen molar-refractivity contribution in [2.45, 2.75) is 25.3 Å². The molecule has 158 valence electrons. The Morgan fingerprint density at radius 1 is 1.07 bits per heavy atom. The highest BCUT2D eigenvalue weighted by Gasteiger charge is 2.32. The molecule has 10 nitrogen and oxygen atoms in total. The van der Waals surface area contributed by atoms with Gasteiger partial charge in [0.15, 0.2) is 18.1 Å². The van der Waals surface area contributed by atoms with Crippen LogP contribution >= 0.6 is 0 Å². The number of benzene rings is 1. The molecule has 10 heteroatoms. The van der Waals surface area contributed by atoms with E-state index >= 15 is 0 Å². The fourth-order valence-corrected chi connectivity index (χ4v) is 2.58. The van der Waals surface area contributed by atoms with Crippen LogP contribution in [-0.2, 0) is 19.2 Å². The number of para-hydroxylation sites is 2. The molecule has 0 bridgehead atoms. The second-order valence-electron chi connectivity index (χ2n) is 6.46. The van der Waals surface area contributed by atoms with Gasteiger partial charge in [-0.3, -0.25) is 19.2 Å². The van der Waals surface area contributed by atoms with Crippen molar-refractivity contribution in [1.82, 2.24) is 15.5 Å². The third-order valence-corrected chi connectivity index (χ3v) is 4.19. The Morgan fingerprint density at radius 2 is 1.72 bits per heavy atom. The normalized spacial score (nSPS) is 12.6. The van der Waals surface area contributed by atoms with Gasteiger partial charge < -0.3 is 30.1 Å². The molecule has 0 heterocycles. The first kappa shape index (κ1) is 22.0. The zero-order valence-corrected chi connectivity index (χ0v) is 16.2. The van der Waals surface area contributed by atoms with E-state index in [1.54, 1.807) is 29.2 Å². The van der Waals surface area contributed by atoms with E-state index in [9.17, 15) is 19.2 Å². The Balaban J connectivity index is 1.76. The number of nitrogens with one attached hydrogen (secondary N) is 2. The molecule has 2 rings (SSSR count). The first-order chi connectivity index (χ1) is 13.9. The number of methoxy groups -OCH3 is 1. The van der Waals surface area contributed by atoms with Crippen molar-refractivity contribution in [2.75, 3.05) is 33.4 Å². The number of amides is 3. The van der Waals surface area contributed by atoms with Crippen molar-refractivity contribution >= 4 is 23.7 Å². The van der Waals surface area contributed by atoms with Crippen molar-refractivity contribution in [3.8, 4) is 11.5 Å². The lowest BCUT2D eigenvalue weighted by Gasteiger charge is -2.22. The average Bonchev–Trinajstić information content (AvgIpc) is 3.54. The first-order valence-corrected chi connectivity index (χ1v) is 9.21. The van der Waals surface area contributed by atoms with Crippen LogP contribution in [0, 0.1) is 0 Å². The van der Waals surface area contributed by atoms with Crippen LogP contribution < -0.4 is 20.1 Å². The number of carbonyl (C=O) groups is 4. The third kappa shape index (κ3) is 7.68. The lowest BCUT2D eigenvalue weighted by Crippen LogP contribution is -2.42. The van der Waals surface area contributed by atoms with Gasteiger partial charge in [-0.05, 0) is 25.0 Å². The average molecular weight is 407 g/mol. The van der Waals surface area contributed by atoms with Crippen molar-refractivity contribution < 1.29 is 33.8 Å². The van der Waals surface area contributed by atoms with Gasteiger partial charge in [-0.2, -0.15) is 0 Å². The maximum Gasteiger partial charge on any atom is 0.322 e. The van der Waals surface area contributed by atoms with Crippen LogP contribution in [0.15, 0.2) is 24.3 Å². The molecule has 1 saturated carbocycles. The highest BCUT2D eigenvalue weighted by atomic mass is 16.5. The van der Waals surface area contributed by atoms with E-state index < -0.39 is 24.3 Å². The molecule has 1 aromatic rings. The Morgan fingerprint density at radius 3 is 2.34 bits per heavy atom. The van der Waals surface area contributed by atoms with Crippen molar-refractivity contribution in [2.24, 2.45) is 0 Å². The molecule has 0 atom stereocenters. The zero-order chi connectivity index (χ0) is 21.2. The second-order valence-corrected chi connectivity index (χ2v) is 6.46. The van der Waals surface area contributed by atoms with Gasteiger partial charge in [0.25, 0.3) is 5.91 Å². The monoisotopic (exact) mass is 407 g/mol. The van der Waals surface area contributed by atoms with Gasteiger partial charge in [0.05, 0.1) is 13.7 Å². The van der Waals surface area contributed by atoms with Crippen molar-refractivity contribution in [3.63, 3.8) is 0 Å². The molecule has 0 radical (unpaired) electrons. The fraction of sp³-hybridized carbons (Fsp3) is 0.474. The van der Waals surface area contributed by atoms with Gasteiger partial charge in [0.1, 0.15) is 6.54 Å². The van der Waals surface area contributed by atoms with E-state index in [1.807, 2.05) is 0 Å². The van der Waals surface area contributed by atoms with Gasteiger partial charge >= 0.3 is 5.97 Å². The summed E-state index contributed by atoms with van der Waals surface area (Å²) in [5.74, 6) is -1.41. The fourth-order valence-electron chi connectivity index (χ4n) is 2.58. The molecule has 3 N–H and O–H groups in total. The minimum atomic E-state index is -1.17. The highest BCUT2D eigenvalue weighted by molar-refractivity contribution is 5.87. The number of carbonyl (C=O) groups excluding carboxylic acids is 3. The SMILES string of the molecule is COc1ccccc1OCC(=O)N(CCC(=O)NCC(=O)NCC(=O)O)C1CC1. The molecular weight excluding hydrogens is 382 g/mol. The zero-order valence-electron chi connectivity index (χ0n) is 16.2. The van der Waals surface area contributed by atoms with Gasteiger partial charge in [0, 0.05) is 19.0 Å². The summed E-state index contributed by atoms with van der Waals surface area (Å²) in [6, 6.07) is 7.10. The van der Waals surface area contributed by atoms with Gasteiger partial charge in [-0.25, -0.2) is 0 Å². The minimum Gasteiger partial charge on any atom is -0.493 e. The first-order valence-electron chi connectivity index (χ1n) is 9.21. The molecule has 0 unspecified atom stereocenters. The number of aliphatic carboxylic acids is 1. The van der Waals surface area contributed by atoms with Crippen molar-refractivity contribution in [1.29, 1.82) is 0 Å². The number of carboxylic acid groups (broad SMARTS) is 1. The van der Waals surface area contributed by atoms with Gasteiger partial charge in [-0.1, -0.05) is 12.1 Å². The standard InChI is InChI=1S/C19H25N3O7/c1-28-14-4-2-3-5-15(14)29-12-18(25)22(13-6-7-13)9-8-16(23)20-10-17(24)21-11-19(26)27/h2-5,13H,6-12H2,1H3,(H,20,23)(H,21,24)(H,26,27). The van der Waals surface area contributed by atoms with E-state index in [-0.39, 0.29) is 38.1 Å². The van der Waals surface area contributed by atoms with Crippen LogP contribution in [0.4, 0.5) is 0 Å². The summed E-state index contributed by atoms with van der Waals surface area (Å²) in [7, 11) is 1.51. The molecule has 1 aliphatic rings. The van der Waals surface area contributed by atoms with E-state index in [0.29, 0.717) is 11.5 Å². The molecule has 0 saturated heterocycles. The summed E-state index contributed by atoms with van der Waals surface area (Å²) in [4.78, 5) is 47.9. The summed E-state index contributed by atoms with van der Waals surface area (Å²) in [5.41, 5.74) is 0. The van der Waals surface area contributed by atoms with Crippen molar-refractivity contribution in [3.05, 3.63) is 24.3 Å². The van der Waals surface area contributed by atoms with Crippen LogP contribution in [0.2, 0.25) is 0 Å².